The summed E-state index contributed by atoms with van der Waals surface area (Å²) in [4.78, 5) is 1.20. The van der Waals surface area contributed by atoms with Gasteiger partial charge in [0.05, 0.1) is 0 Å². The first-order chi connectivity index (χ1) is 8.65. The molecule has 0 bridgehead atoms. The maximum absolute atomic E-state index is 6.25. The molecule has 1 aliphatic rings. The summed E-state index contributed by atoms with van der Waals surface area (Å²) < 4.78 is 0. The minimum absolute atomic E-state index is 0.150. The highest BCUT2D eigenvalue weighted by molar-refractivity contribution is 8.10. The summed E-state index contributed by atoms with van der Waals surface area (Å²) in [5.41, 5.74) is 2.61. The van der Waals surface area contributed by atoms with Gasteiger partial charge in [0.25, 0.3) is 0 Å². The van der Waals surface area contributed by atoms with Crippen molar-refractivity contribution in [2.75, 3.05) is 7.05 Å². The largest absolute Gasteiger partial charge is 0.310 e. The first kappa shape index (κ1) is 13.7. The highest BCUT2D eigenvalue weighted by atomic mass is 35.5. The van der Waals surface area contributed by atoms with Crippen LogP contribution in [0.2, 0.25) is 5.02 Å². The van der Waals surface area contributed by atoms with Gasteiger partial charge in [-0.15, -0.1) is 0 Å². The molecule has 0 atom stereocenters. The number of hydrogen-bond donors (Lipinski definition) is 1. The van der Waals surface area contributed by atoms with E-state index in [0.29, 0.717) is 0 Å². The van der Waals surface area contributed by atoms with Gasteiger partial charge in [0.1, 0.15) is 0 Å². The summed E-state index contributed by atoms with van der Waals surface area (Å²) in [6.07, 6.45) is 4.47. The van der Waals surface area contributed by atoms with E-state index >= 15 is 0 Å². The van der Waals surface area contributed by atoms with E-state index in [1.54, 1.807) is 11.8 Å². The van der Waals surface area contributed by atoms with Crippen molar-refractivity contribution in [3.63, 3.8) is 0 Å². The number of halogens is 1. The quantitative estimate of drug-likeness (QED) is 0.832. The molecule has 1 aromatic carbocycles. The van der Waals surface area contributed by atoms with E-state index < -0.39 is 0 Å². The second-order valence-electron chi connectivity index (χ2n) is 4.50. The monoisotopic (exact) mass is 279 g/mol. The molecule has 0 unspecified atom stereocenters. The molecule has 2 rings (SSSR count). The van der Waals surface area contributed by atoms with Gasteiger partial charge < -0.3 is 5.32 Å². The molecule has 0 radical (unpaired) electrons. The van der Waals surface area contributed by atoms with Crippen molar-refractivity contribution in [2.24, 2.45) is 0 Å². The Kier molecular flexibility index (Phi) is 4.21. The molecule has 3 heteroatoms. The van der Waals surface area contributed by atoms with Crippen LogP contribution in [0.1, 0.15) is 30.9 Å². The second kappa shape index (κ2) is 5.52. The Morgan fingerprint density at radius 2 is 2.17 bits per heavy atom. The van der Waals surface area contributed by atoms with Crippen molar-refractivity contribution >= 4 is 28.3 Å². The smallest absolute Gasteiger partial charge is 0.0434 e. The Bertz CT molecular complexity index is 489. The first-order valence-electron chi connectivity index (χ1n) is 6.09. The molecule has 1 aliphatic carbocycles. The SMILES string of the molecule is C=CS/C(=C\C)c1cc(Cl)cc(C2(NC)CC2)c1. The van der Waals surface area contributed by atoms with E-state index in [-0.39, 0.29) is 5.54 Å². The predicted molar refractivity (Wildman–Crippen MR) is 82.9 cm³/mol. The zero-order chi connectivity index (χ0) is 13.2. The summed E-state index contributed by atoms with van der Waals surface area (Å²) in [6.45, 7) is 5.81. The van der Waals surface area contributed by atoms with Crippen LogP contribution >= 0.6 is 23.4 Å². The molecule has 1 nitrogen and oxygen atoms in total. The molecule has 1 N–H and O–H groups in total. The van der Waals surface area contributed by atoms with Crippen LogP contribution in [-0.4, -0.2) is 7.05 Å². The summed E-state index contributed by atoms with van der Waals surface area (Å²) in [7, 11) is 2.02. The van der Waals surface area contributed by atoms with Gasteiger partial charge in [-0.25, -0.2) is 0 Å². The Labute approximate surface area is 118 Å². The van der Waals surface area contributed by atoms with Crippen LogP contribution in [0.5, 0.6) is 0 Å². The number of benzene rings is 1. The molecule has 96 valence electrons. The highest BCUT2D eigenvalue weighted by Gasteiger charge is 2.42. The molecule has 0 amide bonds. The van der Waals surface area contributed by atoms with Crippen LogP contribution in [0.25, 0.3) is 4.91 Å². The molecule has 18 heavy (non-hydrogen) atoms. The van der Waals surface area contributed by atoms with E-state index in [1.807, 2.05) is 25.4 Å². The fraction of sp³-hybridized carbons (Fsp3) is 0.333. The number of nitrogens with one attached hydrogen (secondary N) is 1. The standard InChI is InChI=1S/C15H18ClNS/c1-4-14(18-5-2)11-8-12(10-13(16)9-11)15(17-3)6-7-15/h4-5,8-10,17H,2,6-7H2,1,3H3/b14-4-. The fourth-order valence-corrected chi connectivity index (χ4v) is 3.01. The summed E-state index contributed by atoms with van der Waals surface area (Å²) >= 11 is 7.88. The molecule has 0 aromatic heterocycles. The van der Waals surface area contributed by atoms with Gasteiger partial charge in [-0.1, -0.05) is 36.0 Å². The van der Waals surface area contributed by atoms with E-state index in [9.17, 15) is 0 Å². The second-order valence-corrected chi connectivity index (χ2v) is 5.94. The summed E-state index contributed by atoms with van der Waals surface area (Å²) in [5, 5.41) is 6.05. The van der Waals surface area contributed by atoms with Crippen LogP contribution in [0.3, 0.4) is 0 Å². The molecular formula is C15H18ClNS. The van der Waals surface area contributed by atoms with Gasteiger partial charge in [-0.2, -0.15) is 0 Å². The predicted octanol–water partition coefficient (Wildman–Crippen LogP) is 4.79. The van der Waals surface area contributed by atoms with Crippen LogP contribution < -0.4 is 5.32 Å². The highest BCUT2D eigenvalue weighted by Crippen LogP contribution is 2.46. The minimum Gasteiger partial charge on any atom is -0.310 e. The van der Waals surface area contributed by atoms with Crippen molar-refractivity contribution in [3.05, 3.63) is 52.4 Å². The van der Waals surface area contributed by atoms with Crippen LogP contribution in [0, 0.1) is 0 Å². The van der Waals surface area contributed by atoms with Crippen LogP contribution in [-0.2, 0) is 5.54 Å². The van der Waals surface area contributed by atoms with Crippen molar-refractivity contribution in [2.45, 2.75) is 25.3 Å². The van der Waals surface area contributed by atoms with E-state index in [1.165, 1.54) is 28.9 Å². The maximum atomic E-state index is 6.25. The number of thioether (sulfide) groups is 1. The van der Waals surface area contributed by atoms with Gasteiger partial charge >= 0.3 is 0 Å². The molecular weight excluding hydrogens is 262 g/mol. The normalized spacial score (nSPS) is 17.6. The third-order valence-corrected chi connectivity index (χ3v) is 4.55. The minimum atomic E-state index is 0.150. The number of allylic oxidation sites excluding steroid dienone is 1. The lowest BCUT2D eigenvalue weighted by Gasteiger charge is -2.17. The molecule has 1 saturated carbocycles. The fourth-order valence-electron chi connectivity index (χ4n) is 2.21. The Morgan fingerprint density at radius 3 is 2.67 bits per heavy atom. The molecule has 0 spiro atoms. The van der Waals surface area contributed by atoms with Crippen LogP contribution in [0.15, 0.2) is 36.3 Å². The van der Waals surface area contributed by atoms with Gasteiger partial charge in [0.2, 0.25) is 0 Å². The van der Waals surface area contributed by atoms with Gasteiger partial charge in [-0.3, -0.25) is 0 Å². The molecule has 1 fully saturated rings. The van der Waals surface area contributed by atoms with Crippen LogP contribution in [0.4, 0.5) is 0 Å². The van der Waals surface area contributed by atoms with Crippen molar-refractivity contribution in [1.82, 2.24) is 5.32 Å². The molecule has 1 aromatic rings. The lowest BCUT2D eigenvalue weighted by atomic mass is 10.0. The Balaban J connectivity index is 2.41. The van der Waals surface area contributed by atoms with Crippen molar-refractivity contribution in [1.29, 1.82) is 0 Å². The first-order valence-corrected chi connectivity index (χ1v) is 7.35. The van der Waals surface area contributed by atoms with E-state index in [4.69, 9.17) is 11.6 Å². The average molecular weight is 280 g/mol. The molecule has 0 heterocycles. The lowest BCUT2D eigenvalue weighted by molar-refractivity contribution is 0.585. The Morgan fingerprint density at radius 1 is 1.44 bits per heavy atom. The van der Waals surface area contributed by atoms with E-state index in [2.05, 4.69) is 30.1 Å². The number of rotatable bonds is 5. The van der Waals surface area contributed by atoms with Crippen molar-refractivity contribution < 1.29 is 0 Å². The lowest BCUT2D eigenvalue weighted by Crippen LogP contribution is -2.24. The van der Waals surface area contributed by atoms with Gasteiger partial charge in [0, 0.05) is 15.5 Å². The summed E-state index contributed by atoms with van der Waals surface area (Å²) in [6, 6.07) is 6.32. The summed E-state index contributed by atoms with van der Waals surface area (Å²) in [5.74, 6) is 0. The van der Waals surface area contributed by atoms with Gasteiger partial charge in [-0.05, 0) is 61.5 Å². The maximum Gasteiger partial charge on any atom is 0.0434 e. The zero-order valence-electron chi connectivity index (χ0n) is 10.8. The van der Waals surface area contributed by atoms with Gasteiger partial charge in [0.15, 0.2) is 0 Å². The third-order valence-electron chi connectivity index (χ3n) is 3.44. The number of hydrogen-bond acceptors (Lipinski definition) is 2. The average Bonchev–Trinajstić information content (AvgIpc) is 3.16. The van der Waals surface area contributed by atoms with Crippen molar-refractivity contribution in [3.8, 4) is 0 Å². The molecule has 0 saturated heterocycles. The zero-order valence-corrected chi connectivity index (χ0v) is 12.4. The Hall–Kier alpha value is -0.700. The topological polar surface area (TPSA) is 12.0 Å². The molecule has 0 aliphatic heterocycles. The third kappa shape index (κ3) is 2.66. The van der Waals surface area contributed by atoms with E-state index in [0.717, 1.165) is 5.02 Å².